The predicted molar refractivity (Wildman–Crippen MR) is 78.2 cm³/mol. The molecule has 0 bridgehead atoms. The first-order valence-electron chi connectivity index (χ1n) is 6.85. The monoisotopic (exact) mass is 249 g/mol. The zero-order chi connectivity index (χ0) is 13.5. The van der Waals surface area contributed by atoms with Crippen LogP contribution >= 0.6 is 0 Å². The molecule has 0 aliphatic carbocycles. The molecule has 1 N–H and O–H groups in total. The molecule has 0 amide bonds. The van der Waals surface area contributed by atoms with Crippen LogP contribution in [-0.2, 0) is 11.2 Å². The fourth-order valence-corrected chi connectivity index (χ4v) is 2.12. The van der Waals surface area contributed by atoms with Crippen molar-refractivity contribution in [3.63, 3.8) is 0 Å². The largest absolute Gasteiger partial charge is 0.382 e. The van der Waals surface area contributed by atoms with Gasteiger partial charge >= 0.3 is 0 Å². The van der Waals surface area contributed by atoms with Gasteiger partial charge in [0.05, 0.1) is 6.10 Å². The van der Waals surface area contributed by atoms with Gasteiger partial charge < -0.3 is 10.1 Å². The maximum Gasteiger partial charge on any atom is 0.0558 e. The second kappa shape index (κ2) is 7.55. The highest BCUT2D eigenvalue weighted by Gasteiger charge is 2.11. The zero-order valence-electron chi connectivity index (χ0n) is 12.4. The van der Waals surface area contributed by atoms with E-state index in [4.69, 9.17) is 4.74 Å². The van der Waals surface area contributed by atoms with Crippen LogP contribution in [0, 0.1) is 0 Å². The summed E-state index contributed by atoms with van der Waals surface area (Å²) in [4.78, 5) is 0. The van der Waals surface area contributed by atoms with E-state index in [9.17, 15) is 0 Å². The Balaban J connectivity index is 2.59. The van der Waals surface area contributed by atoms with Crippen molar-refractivity contribution < 1.29 is 4.74 Å². The van der Waals surface area contributed by atoms with Crippen molar-refractivity contribution in [1.82, 2.24) is 5.32 Å². The number of hydrogen-bond acceptors (Lipinski definition) is 2. The summed E-state index contributed by atoms with van der Waals surface area (Å²) in [5.41, 5.74) is 2.80. The number of methoxy groups -OCH3 is 1. The quantitative estimate of drug-likeness (QED) is 0.800. The molecule has 2 atom stereocenters. The fraction of sp³-hybridized carbons (Fsp3) is 0.625. The van der Waals surface area contributed by atoms with Crippen LogP contribution in [0.5, 0.6) is 0 Å². The van der Waals surface area contributed by atoms with Crippen molar-refractivity contribution in [2.75, 3.05) is 14.2 Å². The van der Waals surface area contributed by atoms with Crippen molar-refractivity contribution in [2.24, 2.45) is 0 Å². The first-order chi connectivity index (χ1) is 8.56. The number of benzene rings is 1. The maximum absolute atomic E-state index is 5.33. The molecule has 1 rings (SSSR count). The van der Waals surface area contributed by atoms with Gasteiger partial charge in [0.25, 0.3) is 0 Å². The molecule has 0 radical (unpaired) electrons. The summed E-state index contributed by atoms with van der Waals surface area (Å²) in [6, 6.07) is 9.46. The molecule has 0 spiro atoms. The summed E-state index contributed by atoms with van der Waals surface area (Å²) in [5.74, 6) is 0.604. The maximum atomic E-state index is 5.33. The van der Waals surface area contributed by atoms with Gasteiger partial charge in [-0.2, -0.15) is 0 Å². The summed E-state index contributed by atoms with van der Waals surface area (Å²) < 4.78 is 5.33. The van der Waals surface area contributed by atoms with Crippen molar-refractivity contribution in [3.8, 4) is 0 Å². The molecule has 18 heavy (non-hydrogen) atoms. The van der Waals surface area contributed by atoms with E-state index in [-0.39, 0.29) is 0 Å². The smallest absolute Gasteiger partial charge is 0.0558 e. The van der Waals surface area contributed by atoms with Gasteiger partial charge in [-0.05, 0) is 43.9 Å². The van der Waals surface area contributed by atoms with Gasteiger partial charge in [-0.3, -0.25) is 0 Å². The van der Waals surface area contributed by atoms with Crippen LogP contribution in [0.4, 0.5) is 0 Å². The number of ether oxygens (including phenoxy) is 1. The van der Waals surface area contributed by atoms with Crippen LogP contribution in [-0.4, -0.2) is 26.3 Å². The molecule has 1 aromatic carbocycles. The molecule has 0 aliphatic heterocycles. The second-order valence-electron chi connectivity index (χ2n) is 5.37. The molecule has 102 valence electrons. The molecule has 0 fully saturated rings. The van der Waals surface area contributed by atoms with Crippen molar-refractivity contribution >= 4 is 0 Å². The van der Waals surface area contributed by atoms with Gasteiger partial charge in [0, 0.05) is 13.2 Å². The number of nitrogens with one attached hydrogen (secondary N) is 1. The highest BCUT2D eigenvalue weighted by Crippen LogP contribution is 2.16. The van der Waals surface area contributed by atoms with E-state index in [1.54, 1.807) is 7.11 Å². The van der Waals surface area contributed by atoms with E-state index >= 15 is 0 Å². The third kappa shape index (κ3) is 4.79. The minimum atomic E-state index is 0.303. The molecule has 0 heterocycles. The Labute approximate surface area is 112 Å². The predicted octanol–water partition coefficient (Wildman–Crippen LogP) is 3.37. The zero-order valence-corrected chi connectivity index (χ0v) is 12.4. The summed E-state index contributed by atoms with van der Waals surface area (Å²) >= 11 is 0. The van der Waals surface area contributed by atoms with E-state index in [2.05, 4.69) is 50.4 Å². The molecule has 2 heteroatoms. The van der Waals surface area contributed by atoms with Crippen molar-refractivity contribution in [2.45, 2.75) is 51.7 Å². The molecular weight excluding hydrogens is 222 g/mol. The molecule has 0 aliphatic rings. The van der Waals surface area contributed by atoms with E-state index in [1.807, 2.05) is 7.05 Å². The Kier molecular flexibility index (Phi) is 6.37. The summed E-state index contributed by atoms with van der Waals surface area (Å²) in [6.07, 6.45) is 2.40. The van der Waals surface area contributed by atoms with Crippen molar-refractivity contribution in [1.29, 1.82) is 0 Å². The second-order valence-corrected chi connectivity index (χ2v) is 5.37. The van der Waals surface area contributed by atoms with Gasteiger partial charge in [-0.15, -0.1) is 0 Å². The topological polar surface area (TPSA) is 21.3 Å². The van der Waals surface area contributed by atoms with Gasteiger partial charge in [0.2, 0.25) is 0 Å². The van der Waals surface area contributed by atoms with E-state index in [0.717, 1.165) is 12.8 Å². The molecule has 0 saturated carbocycles. The Bertz CT molecular complexity index is 331. The highest BCUT2D eigenvalue weighted by molar-refractivity contribution is 5.25. The molecule has 0 saturated heterocycles. The lowest BCUT2D eigenvalue weighted by Gasteiger charge is -2.20. The normalized spacial score (nSPS) is 14.8. The van der Waals surface area contributed by atoms with Crippen LogP contribution in [0.3, 0.4) is 0 Å². The average molecular weight is 249 g/mol. The molecular formula is C16H27NO. The Morgan fingerprint density at radius 3 is 2.17 bits per heavy atom. The number of rotatable bonds is 7. The molecule has 2 nitrogen and oxygen atoms in total. The summed E-state index contributed by atoms with van der Waals surface area (Å²) in [5, 5.41) is 3.37. The lowest BCUT2D eigenvalue weighted by Crippen LogP contribution is -2.31. The van der Waals surface area contributed by atoms with E-state index in [0.29, 0.717) is 18.1 Å². The lowest BCUT2D eigenvalue weighted by atomic mass is 9.97. The molecule has 0 aromatic heterocycles. The fourth-order valence-electron chi connectivity index (χ4n) is 2.12. The lowest BCUT2D eigenvalue weighted by molar-refractivity contribution is 0.101. The number of hydrogen-bond donors (Lipinski definition) is 1. The third-order valence-corrected chi connectivity index (χ3v) is 3.56. The highest BCUT2D eigenvalue weighted by atomic mass is 16.5. The van der Waals surface area contributed by atoms with Crippen LogP contribution in [0.1, 0.15) is 44.2 Å². The number of likely N-dealkylation sites (N-methyl/N-ethyl adjacent to an activating group) is 1. The van der Waals surface area contributed by atoms with Gasteiger partial charge in [-0.25, -0.2) is 0 Å². The van der Waals surface area contributed by atoms with E-state index in [1.165, 1.54) is 11.1 Å². The summed E-state index contributed by atoms with van der Waals surface area (Å²) in [6.45, 7) is 6.57. The van der Waals surface area contributed by atoms with Crippen LogP contribution in [0.25, 0.3) is 0 Å². The molecule has 2 unspecified atom stereocenters. The van der Waals surface area contributed by atoms with Gasteiger partial charge in [0.1, 0.15) is 0 Å². The third-order valence-electron chi connectivity index (χ3n) is 3.56. The Morgan fingerprint density at radius 1 is 1.11 bits per heavy atom. The van der Waals surface area contributed by atoms with E-state index < -0.39 is 0 Å². The van der Waals surface area contributed by atoms with Crippen molar-refractivity contribution in [3.05, 3.63) is 35.4 Å². The first-order valence-corrected chi connectivity index (χ1v) is 6.85. The minimum absolute atomic E-state index is 0.303. The Hall–Kier alpha value is -0.860. The Morgan fingerprint density at radius 2 is 1.72 bits per heavy atom. The van der Waals surface area contributed by atoms with Crippen LogP contribution < -0.4 is 5.32 Å². The van der Waals surface area contributed by atoms with Gasteiger partial charge in [-0.1, -0.05) is 38.1 Å². The molecule has 1 aromatic rings. The van der Waals surface area contributed by atoms with Crippen LogP contribution in [0.2, 0.25) is 0 Å². The standard InChI is InChI=1S/C16H27NO/c1-12(2)15-8-6-14(7-9-15)11-16(17-4)10-13(3)18-5/h6-9,12-13,16-17H,10-11H2,1-5H3. The SMILES string of the molecule is CNC(Cc1ccc(C(C)C)cc1)CC(C)OC. The summed E-state index contributed by atoms with van der Waals surface area (Å²) in [7, 11) is 3.80. The minimum Gasteiger partial charge on any atom is -0.382 e. The van der Waals surface area contributed by atoms with Crippen LogP contribution in [0.15, 0.2) is 24.3 Å². The first kappa shape index (κ1) is 15.2. The average Bonchev–Trinajstić information content (AvgIpc) is 2.38. The van der Waals surface area contributed by atoms with Gasteiger partial charge in [0.15, 0.2) is 0 Å².